The van der Waals surface area contributed by atoms with Gasteiger partial charge in [-0.3, -0.25) is 5.01 Å². The number of unbranched alkanes of at least 4 members (excludes halogenated alkanes) is 1. The van der Waals surface area contributed by atoms with Gasteiger partial charge in [-0.2, -0.15) is 5.10 Å². The third-order valence-electron chi connectivity index (χ3n) is 6.55. The predicted molar refractivity (Wildman–Crippen MR) is 158 cm³/mol. The zero-order valence-corrected chi connectivity index (χ0v) is 23.5. The Labute approximate surface area is 234 Å². The van der Waals surface area contributed by atoms with Crippen molar-refractivity contribution in [1.82, 2.24) is 9.91 Å². The Morgan fingerprint density at radius 1 is 1.05 bits per heavy atom. The molecule has 0 saturated heterocycles. The molecule has 4 rings (SSSR count). The summed E-state index contributed by atoms with van der Waals surface area (Å²) in [5, 5.41) is 19.0. The van der Waals surface area contributed by atoms with Crippen LogP contribution in [0.4, 0.5) is 5.69 Å². The number of thioether (sulfide) groups is 1. The Bertz CT molecular complexity index is 1220. The minimum atomic E-state index is -0.861. The fourth-order valence-electron chi connectivity index (χ4n) is 4.61. The van der Waals surface area contributed by atoms with Gasteiger partial charge in [0.2, 0.25) is 0 Å². The molecule has 1 heterocycles. The van der Waals surface area contributed by atoms with Crippen LogP contribution in [0, 0.1) is 0 Å². The highest BCUT2D eigenvalue weighted by Gasteiger charge is 2.30. The van der Waals surface area contributed by atoms with Gasteiger partial charge < -0.3 is 14.9 Å². The van der Waals surface area contributed by atoms with Crippen LogP contribution in [-0.4, -0.2) is 45.9 Å². The van der Waals surface area contributed by atoms with Crippen LogP contribution in [0.5, 0.6) is 0 Å². The quantitative estimate of drug-likeness (QED) is 0.260. The molecule has 1 unspecified atom stereocenters. The van der Waals surface area contributed by atoms with Crippen LogP contribution in [0.1, 0.15) is 49.4 Å². The number of hydrogen-bond donors (Lipinski definition) is 1. The average molecular weight is 551 g/mol. The van der Waals surface area contributed by atoms with E-state index in [2.05, 4.69) is 22.9 Å². The number of halogens is 1. The lowest BCUT2D eigenvalue weighted by Crippen LogP contribution is -2.36. The molecule has 0 amide bonds. The molecule has 3 aromatic carbocycles. The van der Waals surface area contributed by atoms with Crippen LogP contribution in [0.15, 0.2) is 84.0 Å². The Kier molecular flexibility index (Phi) is 9.96. The van der Waals surface area contributed by atoms with E-state index in [4.69, 9.17) is 16.7 Å². The van der Waals surface area contributed by atoms with Gasteiger partial charge in [0, 0.05) is 36.1 Å². The molecule has 3 aromatic rings. The molecule has 0 aromatic heterocycles. The third-order valence-corrected chi connectivity index (χ3v) is 7.87. The number of benzene rings is 3. The van der Waals surface area contributed by atoms with Gasteiger partial charge in [0.1, 0.15) is 6.67 Å². The number of rotatable bonds is 12. The van der Waals surface area contributed by atoms with Crippen molar-refractivity contribution in [2.45, 2.75) is 45.0 Å². The Hall–Kier alpha value is -3.16. The number of hydrogen-bond acceptors (Lipinski definition) is 6. The molecule has 0 saturated carbocycles. The molecule has 0 aliphatic carbocycles. The molecule has 1 N–H and O–H groups in total. The van der Waals surface area contributed by atoms with Gasteiger partial charge in [0.25, 0.3) is 0 Å². The van der Waals surface area contributed by atoms with Crippen molar-refractivity contribution in [3.05, 3.63) is 101 Å². The number of nitrogens with zero attached hydrogens (tertiary/aromatic N) is 4. The van der Waals surface area contributed by atoms with E-state index in [0.29, 0.717) is 19.8 Å². The second-order valence-corrected chi connectivity index (χ2v) is 10.7. The maximum Gasteiger partial charge on any atom is 0.331 e. The van der Waals surface area contributed by atoms with E-state index in [1.165, 1.54) is 5.56 Å². The average Bonchev–Trinajstić information content (AvgIpc) is 3.32. The normalized spacial score (nSPS) is 13.9. The number of carboxylic acid groups (broad SMARTS) is 1. The first-order valence-corrected chi connectivity index (χ1v) is 14.4. The van der Waals surface area contributed by atoms with E-state index in [9.17, 15) is 9.90 Å². The van der Waals surface area contributed by atoms with Crippen LogP contribution in [0.3, 0.4) is 0 Å². The fourth-order valence-corrected chi connectivity index (χ4v) is 5.71. The zero-order valence-electron chi connectivity index (χ0n) is 22.0. The van der Waals surface area contributed by atoms with Gasteiger partial charge in [-0.1, -0.05) is 97.4 Å². The van der Waals surface area contributed by atoms with Crippen LogP contribution in [0.25, 0.3) is 0 Å². The van der Waals surface area contributed by atoms with Gasteiger partial charge in [-0.15, -0.1) is 0 Å². The first-order chi connectivity index (χ1) is 18.5. The maximum atomic E-state index is 12.5. The zero-order chi connectivity index (χ0) is 26.9. The van der Waals surface area contributed by atoms with Crippen molar-refractivity contribution in [1.29, 1.82) is 0 Å². The second kappa shape index (κ2) is 13.6. The molecule has 6 nitrogen and oxygen atoms in total. The van der Waals surface area contributed by atoms with Gasteiger partial charge >= 0.3 is 5.97 Å². The lowest BCUT2D eigenvalue weighted by Gasteiger charge is -2.33. The molecule has 38 heavy (non-hydrogen) atoms. The van der Waals surface area contributed by atoms with Crippen LogP contribution in [-0.2, 0) is 17.1 Å². The van der Waals surface area contributed by atoms with Crippen molar-refractivity contribution in [2.75, 3.05) is 24.7 Å². The van der Waals surface area contributed by atoms with Crippen molar-refractivity contribution in [3.8, 4) is 0 Å². The van der Waals surface area contributed by atoms with E-state index < -0.39 is 12.0 Å². The lowest BCUT2D eigenvalue weighted by atomic mass is 10.0. The minimum Gasteiger partial charge on any atom is -0.479 e. The molecule has 1 aliphatic heterocycles. The summed E-state index contributed by atoms with van der Waals surface area (Å²) in [4.78, 5) is 16.8. The fraction of sp³-hybridized carbons (Fsp3) is 0.333. The summed E-state index contributed by atoms with van der Waals surface area (Å²) in [6, 6.07) is 24.7. The van der Waals surface area contributed by atoms with Crippen LogP contribution in [0.2, 0.25) is 5.02 Å². The van der Waals surface area contributed by atoms with E-state index in [1.54, 1.807) is 11.8 Å². The molecule has 0 radical (unpaired) electrons. The number of carboxylic acids is 1. The molecular formula is C30H35ClN4O2S. The molecular weight excluding hydrogens is 516 g/mol. The summed E-state index contributed by atoms with van der Waals surface area (Å²) in [6.45, 7) is 7.03. The van der Waals surface area contributed by atoms with Crippen molar-refractivity contribution in [3.63, 3.8) is 0 Å². The summed E-state index contributed by atoms with van der Waals surface area (Å²) >= 11 is 7.79. The van der Waals surface area contributed by atoms with Crippen molar-refractivity contribution >= 4 is 40.2 Å². The highest BCUT2D eigenvalue weighted by molar-refractivity contribution is 8.13. The Morgan fingerprint density at radius 2 is 1.76 bits per heavy atom. The predicted octanol–water partition coefficient (Wildman–Crippen LogP) is 7.07. The molecule has 200 valence electrons. The van der Waals surface area contributed by atoms with Crippen LogP contribution >= 0.6 is 23.4 Å². The van der Waals surface area contributed by atoms with Gasteiger partial charge in [-0.05, 0) is 48.2 Å². The van der Waals surface area contributed by atoms with E-state index >= 15 is 0 Å². The molecule has 0 spiro atoms. The highest BCUT2D eigenvalue weighted by Crippen LogP contribution is 2.32. The third kappa shape index (κ3) is 7.03. The first kappa shape index (κ1) is 27.9. The van der Waals surface area contributed by atoms with Gasteiger partial charge in [0.15, 0.2) is 11.2 Å². The summed E-state index contributed by atoms with van der Waals surface area (Å²) in [5.74, 6) is -0.0630. The largest absolute Gasteiger partial charge is 0.479 e. The van der Waals surface area contributed by atoms with E-state index in [0.717, 1.165) is 52.1 Å². The van der Waals surface area contributed by atoms with Crippen molar-refractivity contribution in [2.24, 2.45) is 5.10 Å². The van der Waals surface area contributed by atoms with Crippen molar-refractivity contribution < 1.29 is 9.90 Å². The SMILES string of the molecule is CCCCN1CN(Cc2ccccc2N(CC)C(C(=O)O)c2ccccc2)C(SCc2ccc(Cl)cc2)=N1. The monoisotopic (exact) mass is 550 g/mol. The standard InChI is InChI=1S/C30H35ClN4O2S/c1-3-5-19-34-22-33(30(32-34)38-21-23-15-17-26(31)18-16-23)20-25-13-9-10-14-27(25)35(4-2)28(29(36)37)24-11-7-6-8-12-24/h6-18,28H,3-5,19-22H2,1-2H3,(H,36,37). The molecule has 1 aliphatic rings. The smallest absolute Gasteiger partial charge is 0.331 e. The highest BCUT2D eigenvalue weighted by atomic mass is 35.5. The molecule has 1 atom stereocenters. The number of carbonyl (C=O) groups is 1. The van der Waals surface area contributed by atoms with Gasteiger partial charge in [0.05, 0.1) is 0 Å². The second-order valence-electron chi connectivity index (χ2n) is 9.29. The number of amidine groups is 1. The number of likely N-dealkylation sites (N-methyl/N-ethyl adjacent to an activating group) is 1. The first-order valence-electron chi connectivity index (χ1n) is 13.1. The van der Waals surface area contributed by atoms with E-state index in [1.807, 2.05) is 84.6 Å². The topological polar surface area (TPSA) is 59.4 Å². The van der Waals surface area contributed by atoms with E-state index in [-0.39, 0.29) is 0 Å². The Balaban J connectivity index is 1.58. The summed E-state index contributed by atoms with van der Waals surface area (Å²) in [7, 11) is 0. The number of hydrazone groups is 1. The summed E-state index contributed by atoms with van der Waals surface area (Å²) in [5.41, 5.74) is 3.97. The lowest BCUT2D eigenvalue weighted by molar-refractivity contribution is -0.138. The molecule has 0 bridgehead atoms. The molecule has 8 heteroatoms. The maximum absolute atomic E-state index is 12.5. The number of para-hydroxylation sites is 1. The minimum absolute atomic E-state index is 0.567. The van der Waals surface area contributed by atoms with Crippen LogP contribution < -0.4 is 4.90 Å². The Morgan fingerprint density at radius 3 is 2.45 bits per heavy atom. The summed E-state index contributed by atoms with van der Waals surface area (Å²) in [6.07, 6.45) is 2.20. The van der Waals surface area contributed by atoms with Gasteiger partial charge in [-0.25, -0.2) is 4.79 Å². The summed E-state index contributed by atoms with van der Waals surface area (Å²) < 4.78 is 0. The number of aliphatic carboxylic acids is 1. The number of anilines is 1. The molecule has 0 fully saturated rings.